The maximum atomic E-state index is 11.4. The molecule has 0 atom stereocenters. The van der Waals surface area contributed by atoms with Crippen LogP contribution in [0, 0.1) is 0 Å². The van der Waals surface area contributed by atoms with E-state index in [-0.39, 0.29) is 16.5 Å². The highest BCUT2D eigenvalue weighted by Crippen LogP contribution is 2.39. The van der Waals surface area contributed by atoms with E-state index in [0.29, 0.717) is 39.8 Å². The van der Waals surface area contributed by atoms with Crippen LogP contribution in [0.15, 0.2) is 48.5 Å². The van der Waals surface area contributed by atoms with Gasteiger partial charge in [0.2, 0.25) is 0 Å². The van der Waals surface area contributed by atoms with Gasteiger partial charge in [-0.15, -0.1) is 0 Å². The Bertz CT molecular complexity index is 1020. The standard InChI is InChI=1S/C20H15Cl2NO4/c1-2-27-12-4-7-15(21)14(10-12)13-5-8-17(20(25)26)23-19(13)11-3-6-16(22)18(24)9-11/h3-10,24H,2H2,1H3,(H,25,26). The number of nitrogens with zero attached hydrogens (tertiary/aromatic N) is 1. The first-order valence-corrected chi connectivity index (χ1v) is 8.82. The summed E-state index contributed by atoms with van der Waals surface area (Å²) in [5.74, 6) is -0.656. The number of rotatable bonds is 5. The van der Waals surface area contributed by atoms with Gasteiger partial charge in [-0.25, -0.2) is 9.78 Å². The first-order valence-electron chi connectivity index (χ1n) is 8.06. The second-order valence-electron chi connectivity index (χ2n) is 5.64. The molecule has 0 radical (unpaired) electrons. The number of hydrogen-bond acceptors (Lipinski definition) is 4. The molecule has 0 aliphatic rings. The summed E-state index contributed by atoms with van der Waals surface area (Å²) in [4.78, 5) is 15.6. The van der Waals surface area contributed by atoms with Crippen molar-refractivity contribution in [3.63, 3.8) is 0 Å². The van der Waals surface area contributed by atoms with E-state index in [2.05, 4.69) is 4.98 Å². The van der Waals surface area contributed by atoms with E-state index in [9.17, 15) is 15.0 Å². The SMILES string of the molecule is CCOc1ccc(Cl)c(-c2ccc(C(=O)O)nc2-c2ccc(Cl)c(O)c2)c1. The summed E-state index contributed by atoms with van der Waals surface area (Å²) in [6.45, 7) is 2.37. The molecule has 1 heterocycles. The summed E-state index contributed by atoms with van der Waals surface area (Å²) in [5.41, 5.74) is 1.98. The van der Waals surface area contributed by atoms with Gasteiger partial charge in [0.1, 0.15) is 17.2 Å². The van der Waals surface area contributed by atoms with E-state index in [1.165, 1.54) is 18.2 Å². The number of carbonyl (C=O) groups is 1. The third kappa shape index (κ3) is 3.99. The minimum Gasteiger partial charge on any atom is -0.506 e. The maximum absolute atomic E-state index is 11.4. The zero-order valence-electron chi connectivity index (χ0n) is 14.2. The molecule has 0 amide bonds. The lowest BCUT2D eigenvalue weighted by molar-refractivity contribution is 0.0690. The second kappa shape index (κ2) is 7.86. The van der Waals surface area contributed by atoms with E-state index >= 15 is 0 Å². The Balaban J connectivity index is 2.25. The first-order chi connectivity index (χ1) is 12.9. The molecule has 0 saturated carbocycles. The minimum atomic E-state index is -1.16. The van der Waals surface area contributed by atoms with Gasteiger partial charge in [-0.2, -0.15) is 0 Å². The third-order valence-corrected chi connectivity index (χ3v) is 4.52. The molecule has 1 aromatic heterocycles. The van der Waals surface area contributed by atoms with Crippen LogP contribution in [0.4, 0.5) is 0 Å². The summed E-state index contributed by atoms with van der Waals surface area (Å²) in [6, 6.07) is 12.9. The molecule has 0 spiro atoms. The van der Waals surface area contributed by atoms with Crippen molar-refractivity contribution in [2.45, 2.75) is 6.92 Å². The molecule has 2 aromatic carbocycles. The molecular weight excluding hydrogens is 389 g/mol. The van der Waals surface area contributed by atoms with Crippen LogP contribution in [0.3, 0.4) is 0 Å². The summed E-state index contributed by atoms with van der Waals surface area (Å²) < 4.78 is 5.53. The van der Waals surface area contributed by atoms with Gasteiger partial charge in [-0.1, -0.05) is 29.3 Å². The summed E-state index contributed by atoms with van der Waals surface area (Å²) >= 11 is 12.3. The molecule has 0 saturated heterocycles. The molecule has 138 valence electrons. The average Bonchev–Trinajstić information content (AvgIpc) is 2.65. The average molecular weight is 404 g/mol. The Morgan fingerprint density at radius 1 is 1.04 bits per heavy atom. The summed E-state index contributed by atoms with van der Waals surface area (Å²) in [5, 5.41) is 19.9. The van der Waals surface area contributed by atoms with Gasteiger partial charge in [0.15, 0.2) is 0 Å². The fourth-order valence-corrected chi connectivity index (χ4v) is 2.98. The highest BCUT2D eigenvalue weighted by atomic mass is 35.5. The van der Waals surface area contributed by atoms with Crippen LogP contribution in [0.1, 0.15) is 17.4 Å². The topological polar surface area (TPSA) is 79.7 Å². The fourth-order valence-electron chi connectivity index (χ4n) is 2.64. The maximum Gasteiger partial charge on any atom is 0.354 e. The van der Waals surface area contributed by atoms with Crippen molar-refractivity contribution < 1.29 is 19.7 Å². The highest BCUT2D eigenvalue weighted by molar-refractivity contribution is 6.33. The van der Waals surface area contributed by atoms with E-state index in [4.69, 9.17) is 27.9 Å². The normalized spacial score (nSPS) is 10.6. The van der Waals surface area contributed by atoms with Gasteiger partial charge < -0.3 is 14.9 Å². The van der Waals surface area contributed by atoms with Crippen molar-refractivity contribution in [2.75, 3.05) is 6.61 Å². The van der Waals surface area contributed by atoms with Crippen LogP contribution >= 0.6 is 23.2 Å². The molecule has 3 aromatic rings. The van der Waals surface area contributed by atoms with Gasteiger partial charge in [0, 0.05) is 21.7 Å². The number of halogens is 2. The number of ether oxygens (including phenoxy) is 1. The van der Waals surface area contributed by atoms with E-state index in [1.807, 2.05) is 6.92 Å². The van der Waals surface area contributed by atoms with Crippen LogP contribution < -0.4 is 4.74 Å². The van der Waals surface area contributed by atoms with Crippen molar-refractivity contribution in [1.29, 1.82) is 0 Å². The van der Waals surface area contributed by atoms with Gasteiger partial charge in [0.25, 0.3) is 0 Å². The number of aromatic hydroxyl groups is 1. The number of phenolic OH excluding ortho intramolecular Hbond substituents is 1. The van der Waals surface area contributed by atoms with E-state index in [1.54, 1.807) is 30.3 Å². The zero-order chi connectivity index (χ0) is 19.6. The smallest absolute Gasteiger partial charge is 0.354 e. The number of hydrogen-bond donors (Lipinski definition) is 2. The van der Waals surface area contributed by atoms with Crippen LogP contribution in [0.2, 0.25) is 10.0 Å². The number of phenols is 1. The lowest BCUT2D eigenvalue weighted by Crippen LogP contribution is -2.02. The van der Waals surface area contributed by atoms with Crippen molar-refractivity contribution >= 4 is 29.2 Å². The second-order valence-corrected chi connectivity index (χ2v) is 6.45. The molecule has 0 aliphatic heterocycles. The molecule has 3 rings (SSSR count). The molecule has 0 fully saturated rings. The van der Waals surface area contributed by atoms with Crippen LogP contribution in [0.25, 0.3) is 22.4 Å². The largest absolute Gasteiger partial charge is 0.506 e. The fraction of sp³-hybridized carbons (Fsp3) is 0.100. The molecule has 2 N–H and O–H groups in total. The van der Waals surface area contributed by atoms with Gasteiger partial charge >= 0.3 is 5.97 Å². The number of pyridine rings is 1. The Labute approximate surface area is 165 Å². The molecule has 0 unspecified atom stereocenters. The minimum absolute atomic E-state index is 0.125. The van der Waals surface area contributed by atoms with Crippen molar-refractivity contribution in [3.8, 4) is 33.9 Å². The number of carboxylic acids is 1. The van der Waals surface area contributed by atoms with Gasteiger partial charge in [-0.3, -0.25) is 0 Å². The Kier molecular flexibility index (Phi) is 5.54. The van der Waals surface area contributed by atoms with Crippen molar-refractivity contribution in [2.24, 2.45) is 0 Å². The van der Waals surface area contributed by atoms with E-state index < -0.39 is 5.97 Å². The molecule has 0 aliphatic carbocycles. The molecular formula is C20H15Cl2NO4. The predicted molar refractivity (Wildman–Crippen MR) is 105 cm³/mol. The number of carboxylic acid groups (broad SMARTS) is 1. The first kappa shape index (κ1) is 19.0. The van der Waals surface area contributed by atoms with Gasteiger partial charge in [-0.05, 0) is 49.4 Å². The molecule has 27 heavy (non-hydrogen) atoms. The summed E-state index contributed by atoms with van der Waals surface area (Å²) in [6.07, 6.45) is 0. The van der Waals surface area contributed by atoms with Crippen LogP contribution in [-0.4, -0.2) is 27.8 Å². The predicted octanol–water partition coefficient (Wildman–Crippen LogP) is 5.52. The number of aromatic carboxylic acids is 1. The van der Waals surface area contributed by atoms with Crippen LogP contribution in [-0.2, 0) is 0 Å². The van der Waals surface area contributed by atoms with E-state index in [0.717, 1.165) is 0 Å². The highest BCUT2D eigenvalue weighted by Gasteiger charge is 2.17. The molecule has 5 nitrogen and oxygen atoms in total. The Morgan fingerprint density at radius 2 is 1.78 bits per heavy atom. The lowest BCUT2D eigenvalue weighted by atomic mass is 9.98. The third-order valence-electron chi connectivity index (χ3n) is 3.87. The Morgan fingerprint density at radius 3 is 2.44 bits per heavy atom. The van der Waals surface area contributed by atoms with Gasteiger partial charge in [0.05, 0.1) is 17.3 Å². The number of aromatic nitrogens is 1. The zero-order valence-corrected chi connectivity index (χ0v) is 15.8. The molecule has 0 bridgehead atoms. The van der Waals surface area contributed by atoms with Crippen molar-refractivity contribution in [3.05, 3.63) is 64.3 Å². The summed E-state index contributed by atoms with van der Waals surface area (Å²) in [7, 11) is 0. The Hall–Kier alpha value is -2.76. The van der Waals surface area contributed by atoms with Crippen molar-refractivity contribution in [1.82, 2.24) is 4.98 Å². The quantitative estimate of drug-likeness (QED) is 0.585. The molecule has 7 heteroatoms. The van der Waals surface area contributed by atoms with Crippen LogP contribution in [0.5, 0.6) is 11.5 Å². The number of benzene rings is 2. The lowest BCUT2D eigenvalue weighted by Gasteiger charge is -2.14. The monoisotopic (exact) mass is 403 g/mol.